The van der Waals surface area contributed by atoms with Crippen molar-refractivity contribution in [2.45, 2.75) is 161 Å². The van der Waals surface area contributed by atoms with Crippen LogP contribution in [-0.2, 0) is 90.0 Å². The number of nitrogens with two attached hydrogens (primary N) is 1. The van der Waals surface area contributed by atoms with Gasteiger partial charge < -0.3 is 169 Å². The van der Waals surface area contributed by atoms with E-state index in [1.54, 1.807) is 46.4 Å². The van der Waals surface area contributed by atoms with Crippen LogP contribution in [-0.4, -0.2) is 387 Å². The van der Waals surface area contributed by atoms with Crippen molar-refractivity contribution in [3.8, 4) is 0 Å². The minimum Gasteiger partial charge on any atom is -0.397 e. The number of nitrogens with one attached hydrogen (secondary N) is 3. The molecule has 7 aliphatic heterocycles. The molecule has 7 aliphatic rings. The molecule has 11 aromatic heterocycles. The van der Waals surface area contributed by atoms with Gasteiger partial charge in [-0.2, -0.15) is 0 Å². The van der Waals surface area contributed by atoms with Gasteiger partial charge in [-0.05, 0) is 35.8 Å². The summed E-state index contributed by atoms with van der Waals surface area (Å²) < 4.78 is 133. The number of ether oxygens (including phenoxy) is 6. The first-order valence-electron chi connectivity index (χ1n) is 41.4. The van der Waals surface area contributed by atoms with Crippen molar-refractivity contribution in [1.82, 2.24) is 91.8 Å². The highest BCUT2D eigenvalue weighted by Gasteiger charge is 2.52. The Morgan fingerprint density at radius 3 is 1.21 bits per heavy atom. The largest absolute Gasteiger partial charge is 0.469 e. The van der Waals surface area contributed by atoms with E-state index in [1.165, 1.54) is 90.0 Å². The van der Waals surface area contributed by atoms with E-state index in [9.17, 15) is 93.5 Å². The molecule has 0 radical (unpaired) electrons. The molecule has 0 amide bonds. The van der Waals surface area contributed by atoms with Crippen LogP contribution in [0.5, 0.6) is 0 Å². The molecule has 6 fully saturated rings. The maximum atomic E-state index is 11.7. The second kappa shape index (κ2) is 45.8. The zero-order valence-electron chi connectivity index (χ0n) is 74.2. The highest BCUT2D eigenvalue weighted by molar-refractivity contribution is 7.47. The number of nitrogens with zero attached hydrogens (tertiary/aromatic N) is 23. The molecule has 0 bridgehead atoms. The van der Waals surface area contributed by atoms with Crippen molar-refractivity contribution in [2.24, 2.45) is 17.2 Å². The standard InChI is InChI=1S/C12H18N5O7P.C12H17N4O7P.C11H13ClN3O7P.C11H14N7O7P.C11H16N5O7P.C11H14N3O8P/c1-5-15-10(13-2)7-11(16-5)17(4-14-7)12-9(19)8(18)6(24-12)3-23-25(20,21)22;1-13-6-2-3-14-11-8(6)15-5-16(11)12-10(18)9(17)7(23-12)4-22-24(19,20)21;12-5-1-2-13-10-7(5)14-4-15(10)11-9(17)8(16)6(22-11)3-21-23(18,19)20;12-4-1-2-14-9-6(4)15-11(16-17-13)18(9)10-8(20)7(19)5(25-10)3-24-26(21,22)23;1-15-3-14-10-6(9(15)12)13-4-16(10)11-8(18)7(17)5(23-11)2-22-24(19,20)21;15-5-1-2-12-10-7(5)13-4-14(10)11-9(17)8(16)6(22-11)3-21-23(18,19)20/h4,6,8-9,12,18-19H,3H2,1-2H3,(H,13,15,16)(H2,20,21,22);2-3,5,7,9-10,12,17-18H,4H2,1H3,(H,13,14)(H2,19,20,21);1-2,4,6,8-9,11,16-17H,3H2,(H2,18,19,20);1-2,5,7-8,10,19-20H,3H2,(H2,12,14)(H2,21,22,23);3-5,7-8,11-12,17-18H,2H2,1H3,(H2,19,20,21);2,4,6,8-9,11,16-17H,1,3H2,(H2,18,19,20)/t6-,8-,9-,12?;7-,9-,10-,12?;6-,8-,9-,11?;5-,7-,8-,10?;5-,7-,8-,11?;6-,8-,9-,11?/m111111/s1. The van der Waals surface area contributed by atoms with Crippen LogP contribution in [0, 0.1) is 12.3 Å². The summed E-state index contributed by atoms with van der Waals surface area (Å²) in [5, 5.41) is 139. The molecule has 145 heavy (non-hydrogen) atoms. The zero-order valence-corrected chi connectivity index (χ0v) is 80.3. The van der Waals surface area contributed by atoms with Crippen LogP contribution in [0.25, 0.3) is 66.3 Å². The van der Waals surface area contributed by atoms with Crippen LogP contribution in [0.2, 0.25) is 5.02 Å². The fraction of sp³-hybridized carbons (Fsp3) is 0.515. The van der Waals surface area contributed by atoms with Gasteiger partial charge in [0.25, 0.3) is 0 Å². The lowest BCUT2D eigenvalue weighted by atomic mass is 10.1. The molecule has 794 valence electrons. The number of pyridine rings is 3. The first kappa shape index (κ1) is 112. The number of nitrogen functional groups attached to an aromatic ring is 1. The van der Waals surface area contributed by atoms with Crippen LogP contribution in [0.3, 0.4) is 0 Å². The summed E-state index contributed by atoms with van der Waals surface area (Å²) in [6.45, 7) is -1.94. The number of imidazole rings is 6. The Hall–Kier alpha value is -9.75. The average molecular weight is 2200 g/mol. The Balaban J connectivity index is 0.000000146. The molecule has 0 aromatic carbocycles. The van der Waals surface area contributed by atoms with Gasteiger partial charge in [0.2, 0.25) is 5.95 Å². The smallest absolute Gasteiger partial charge is 0.397 e. The Bertz CT molecular complexity index is 6930. The Kier molecular flexibility index (Phi) is 35.5. The van der Waals surface area contributed by atoms with E-state index in [0.717, 1.165) is 10.3 Å². The van der Waals surface area contributed by atoms with Gasteiger partial charge in [-0.1, -0.05) is 11.6 Å². The van der Waals surface area contributed by atoms with E-state index < -0.39 is 234 Å². The normalized spacial score (nSPS) is 28.0. The number of ketones is 1. The molecule has 0 saturated carbocycles. The van der Waals surface area contributed by atoms with E-state index in [-0.39, 0.29) is 63.2 Å². The van der Waals surface area contributed by atoms with Crippen molar-refractivity contribution in [1.29, 1.82) is 5.41 Å². The number of hydrogen-bond acceptors (Lipinski definition) is 49. The van der Waals surface area contributed by atoms with Crippen LogP contribution in [0.15, 0.2) is 84.9 Å². The van der Waals surface area contributed by atoms with E-state index in [4.69, 9.17) is 115 Å². The first-order valence-corrected chi connectivity index (χ1v) is 50.9. The summed E-state index contributed by atoms with van der Waals surface area (Å²) in [5.41, 5.74) is 19.1. The third kappa shape index (κ3) is 26.2. The quantitative estimate of drug-likeness (QED) is 0.00988. The summed E-state index contributed by atoms with van der Waals surface area (Å²) in [6.07, 6.45) is -16.6. The van der Waals surface area contributed by atoms with Gasteiger partial charge in [0.15, 0.2) is 99.7 Å². The lowest BCUT2D eigenvalue weighted by Gasteiger charge is -2.18. The van der Waals surface area contributed by atoms with Gasteiger partial charge in [-0.25, -0.2) is 92.2 Å². The molecule has 29 N–H and O–H groups in total. The van der Waals surface area contributed by atoms with Gasteiger partial charge in [-0.15, -0.1) is 0 Å². The number of phosphoric ester groups is 6. The van der Waals surface area contributed by atoms with Crippen molar-refractivity contribution < 1.29 is 208 Å². The lowest BCUT2D eigenvalue weighted by Crippen LogP contribution is -2.33. The number of carbonyl (C=O) groups is 1. The first-order chi connectivity index (χ1) is 68.0. The lowest BCUT2D eigenvalue weighted by molar-refractivity contribution is -0.0512. The van der Waals surface area contributed by atoms with Gasteiger partial charge in [0.05, 0.1) is 94.0 Å². The van der Waals surface area contributed by atoms with Crippen molar-refractivity contribution >= 4 is 155 Å². The number of azide groups is 1. The minimum absolute atomic E-state index is 0.105. The Labute approximate surface area is 812 Å². The Morgan fingerprint density at radius 1 is 0.441 bits per heavy atom. The predicted octanol–water partition coefficient (Wildman–Crippen LogP) is -5.52. The molecular weight excluding hydrogens is 2100 g/mol. The molecule has 11 aromatic rings. The molecular formula is C68H92ClN27O43P6. The average Bonchev–Trinajstić information content (AvgIpc) is 1.65. The maximum Gasteiger partial charge on any atom is 0.469 e. The van der Waals surface area contributed by atoms with Crippen molar-refractivity contribution in [3.05, 3.63) is 107 Å². The number of aromatic nitrogens is 19. The number of aliphatic imine (C=N–C) groups is 1. The summed E-state index contributed by atoms with van der Waals surface area (Å²) in [7, 11) is -23.4. The predicted molar refractivity (Wildman–Crippen MR) is 475 cm³/mol. The number of anilines is 3. The number of fused-ring (bicyclic) bond motifs is 6. The molecule has 6 saturated heterocycles. The van der Waals surface area contributed by atoms with Crippen molar-refractivity contribution in [2.75, 3.05) is 70.1 Å². The summed E-state index contributed by atoms with van der Waals surface area (Å²) in [6, 6.07) is 4.76. The van der Waals surface area contributed by atoms with Gasteiger partial charge >= 0.3 is 46.9 Å². The molecule has 18 rings (SSSR count). The molecule has 0 aliphatic carbocycles. The summed E-state index contributed by atoms with van der Waals surface area (Å²) >= 11 is 6.00. The fourth-order valence-corrected chi connectivity index (χ4v) is 17.3. The summed E-state index contributed by atoms with van der Waals surface area (Å²) in [5.74, 6) is 0.696. The number of aliphatic hydroxyl groups excluding tert-OH is 12. The number of rotatable bonds is 27. The number of halogens is 1. The van der Waals surface area contributed by atoms with Gasteiger partial charge in [0, 0.05) is 57.3 Å². The SMILES string of the molecule is CNc1ccnc2c1ncn2C1O[C@H](COP(=O)(O)O)[C@@H](O)[C@H]1O.CNc1nc(C)nc2c1ncn2C1O[C@H](COP(=O)(O)O)[C@@H](O)[C@H]1O.Cn1cnc2c(ncn2C2O[C@H](COP(=O)(O)O)[C@@H](O)[C@H]2O)c1=N.O=C1CC=Nc2c1ncn2C1O[C@H](COP(=O)(O)O)[C@@H](O)[C@H]1O.O=P(O)(O)OC[C@H]1OC(n2cnc3c(Cl)ccnc32)[C@H](O)[C@@H]1O.[N-]=[N+]=Nc1nc2c(N)ccnc2n1C1O[C@H](COP(=O)(O)O)[C@@H](O)[C@H]1O. The molecule has 77 heteroatoms. The Morgan fingerprint density at radius 2 is 0.793 bits per heavy atom. The van der Waals surface area contributed by atoms with Crippen LogP contribution in [0.1, 0.15) is 60.1 Å². The third-order valence-corrected chi connectivity index (χ3v) is 25.2. The summed E-state index contributed by atoms with van der Waals surface area (Å²) in [4.78, 5) is 173. The highest BCUT2D eigenvalue weighted by Crippen LogP contribution is 2.48. The number of phosphoric acid groups is 6. The van der Waals surface area contributed by atoms with E-state index >= 15 is 0 Å². The molecule has 18 heterocycles. The number of aryl methyl sites for hydroxylation is 2. The maximum absolute atomic E-state index is 11.7. The van der Waals surface area contributed by atoms with E-state index in [2.05, 4.69) is 113 Å². The minimum atomic E-state index is -4.80. The van der Waals surface area contributed by atoms with E-state index in [1.807, 2.05) is 0 Å². The number of carbonyl (C=O) groups excluding carboxylic acids is 1. The monoisotopic (exact) mass is 2200 g/mol. The zero-order chi connectivity index (χ0) is 106. The second-order valence-corrected chi connectivity index (χ2v) is 39.4. The van der Waals surface area contributed by atoms with Crippen LogP contribution in [0.4, 0.5) is 29.0 Å². The molecule has 70 nitrogen and oxygen atoms in total. The third-order valence-electron chi connectivity index (χ3n) is 21.9. The topological polar surface area (TPSA) is 1040 Å². The number of hydrogen-bond donors (Lipinski definition) is 28. The van der Waals surface area contributed by atoms with Crippen LogP contribution >= 0.6 is 58.5 Å². The van der Waals surface area contributed by atoms with E-state index in [0.29, 0.717) is 50.2 Å². The molecule has 0 spiro atoms. The fourth-order valence-electron chi connectivity index (χ4n) is 15.1. The second-order valence-electron chi connectivity index (χ2n) is 31.6. The van der Waals surface area contributed by atoms with Crippen LogP contribution < -0.4 is 21.9 Å². The number of Topliss-reactive ketones (excluding diaryl/α,β-unsaturated/α-hetero) is 1. The number of aliphatic hydroxyl groups is 12. The highest BCUT2D eigenvalue weighted by atomic mass is 35.5. The van der Waals surface area contributed by atoms with Gasteiger partial charge in [-0.3, -0.25) is 64.7 Å². The van der Waals surface area contributed by atoms with Crippen molar-refractivity contribution in [3.63, 3.8) is 0 Å². The molecule has 24 atom stereocenters. The molecule has 6 unspecified atom stereocenters. The van der Waals surface area contributed by atoms with Gasteiger partial charge in [0.1, 0.15) is 138 Å².